The van der Waals surface area contributed by atoms with Crippen LogP contribution >= 0.6 is 34.5 Å². The fourth-order valence-electron chi connectivity index (χ4n) is 1.05. The summed E-state index contributed by atoms with van der Waals surface area (Å²) in [5.74, 6) is 2.18. The minimum Gasteiger partial charge on any atom is -0.207 e. The number of hydrogen-bond donors (Lipinski definition) is 0. The van der Waals surface area contributed by atoms with E-state index in [2.05, 4.69) is 5.92 Å². The normalized spacial score (nSPS) is 11.1. The summed E-state index contributed by atoms with van der Waals surface area (Å²) in [6.07, 6.45) is 5.06. The molecule has 90 valence electrons. The molecule has 0 spiro atoms. The summed E-state index contributed by atoms with van der Waals surface area (Å²) < 4.78 is 25.3. The van der Waals surface area contributed by atoms with E-state index >= 15 is 0 Å². The maximum atomic E-state index is 12.1. The van der Waals surface area contributed by atoms with E-state index in [-0.39, 0.29) is 26.7 Å². The van der Waals surface area contributed by atoms with E-state index in [0.29, 0.717) is 0 Å². The Morgan fingerprint density at radius 3 is 2.53 bits per heavy atom. The van der Waals surface area contributed by atoms with Gasteiger partial charge in [-0.3, -0.25) is 0 Å². The maximum absolute atomic E-state index is 12.1. The van der Waals surface area contributed by atoms with Crippen LogP contribution in [-0.2, 0) is 10.0 Å². The summed E-state index contributed by atoms with van der Waals surface area (Å²) in [5.41, 5.74) is 0. The lowest BCUT2D eigenvalue weighted by Crippen LogP contribution is -2.31. The van der Waals surface area contributed by atoms with Gasteiger partial charge in [0, 0.05) is 0 Å². The van der Waals surface area contributed by atoms with Gasteiger partial charge in [0.15, 0.2) is 0 Å². The monoisotopic (exact) mass is 308 g/mol. The molecule has 4 nitrogen and oxygen atoms in total. The molecule has 0 aliphatic rings. The molecular weight excluding hydrogens is 303 g/mol. The van der Waals surface area contributed by atoms with Gasteiger partial charge in [-0.05, 0) is 6.07 Å². The summed E-state index contributed by atoms with van der Waals surface area (Å²) in [4.78, 5) is -0.125. The van der Waals surface area contributed by atoms with Crippen LogP contribution in [0.5, 0.6) is 0 Å². The molecule has 0 unspecified atom stereocenters. The lowest BCUT2D eigenvalue weighted by molar-refractivity contribution is 0.481. The van der Waals surface area contributed by atoms with Crippen molar-refractivity contribution in [1.29, 1.82) is 5.26 Å². The second-order valence-corrected chi connectivity index (χ2v) is 7.02. The number of nitriles is 1. The van der Waals surface area contributed by atoms with Crippen molar-refractivity contribution < 1.29 is 8.42 Å². The first-order valence-corrected chi connectivity index (χ1v) is 7.20. The molecule has 1 rings (SSSR count). The molecule has 0 saturated heterocycles. The highest BCUT2D eigenvalue weighted by Crippen LogP contribution is 2.35. The van der Waals surface area contributed by atoms with Crippen molar-refractivity contribution in [2.45, 2.75) is 4.90 Å². The van der Waals surface area contributed by atoms with Crippen molar-refractivity contribution in [3.63, 3.8) is 0 Å². The summed E-state index contributed by atoms with van der Waals surface area (Å²) in [5, 5.41) is 8.57. The average Bonchev–Trinajstić information content (AvgIpc) is 2.58. The number of sulfonamides is 1. The third-order valence-electron chi connectivity index (χ3n) is 1.76. The van der Waals surface area contributed by atoms with Crippen molar-refractivity contribution in [3.05, 3.63) is 14.7 Å². The fraction of sp³-hybridized carbons (Fsp3) is 0.222. The van der Waals surface area contributed by atoms with Gasteiger partial charge in [0.1, 0.15) is 15.8 Å². The number of terminal acetylenes is 1. The predicted octanol–water partition coefficient (Wildman–Crippen LogP) is 2.20. The van der Waals surface area contributed by atoms with Gasteiger partial charge >= 0.3 is 0 Å². The highest BCUT2D eigenvalue weighted by Gasteiger charge is 2.27. The molecule has 17 heavy (non-hydrogen) atoms. The zero-order chi connectivity index (χ0) is 13.1. The molecule has 1 heterocycles. The summed E-state index contributed by atoms with van der Waals surface area (Å²) >= 11 is 12.4. The van der Waals surface area contributed by atoms with Crippen molar-refractivity contribution in [1.82, 2.24) is 4.31 Å². The third kappa shape index (κ3) is 3.12. The SMILES string of the molecule is C#CCN(CC#N)S(=O)(=O)c1cc(Cl)sc1Cl. The Morgan fingerprint density at radius 1 is 1.47 bits per heavy atom. The van der Waals surface area contributed by atoms with Gasteiger partial charge < -0.3 is 0 Å². The van der Waals surface area contributed by atoms with Gasteiger partial charge in [-0.2, -0.15) is 9.57 Å². The van der Waals surface area contributed by atoms with Crippen molar-refractivity contribution in [2.24, 2.45) is 0 Å². The number of nitrogens with zero attached hydrogens (tertiary/aromatic N) is 2. The van der Waals surface area contributed by atoms with Gasteiger partial charge in [0.2, 0.25) is 10.0 Å². The molecule has 0 aromatic carbocycles. The van der Waals surface area contributed by atoms with Crippen molar-refractivity contribution in [3.8, 4) is 18.4 Å². The van der Waals surface area contributed by atoms with Crippen LogP contribution in [0.15, 0.2) is 11.0 Å². The zero-order valence-corrected chi connectivity index (χ0v) is 11.5. The van der Waals surface area contributed by atoms with Gasteiger partial charge in [-0.15, -0.1) is 17.8 Å². The van der Waals surface area contributed by atoms with Gasteiger partial charge in [-0.1, -0.05) is 29.1 Å². The Labute approximate surface area is 113 Å². The van der Waals surface area contributed by atoms with Gasteiger partial charge in [0.25, 0.3) is 0 Å². The Balaban J connectivity index is 3.22. The molecule has 0 bridgehead atoms. The molecule has 0 saturated carbocycles. The van der Waals surface area contributed by atoms with E-state index in [1.807, 2.05) is 0 Å². The van der Waals surface area contributed by atoms with Crippen molar-refractivity contribution in [2.75, 3.05) is 13.1 Å². The first-order valence-electron chi connectivity index (χ1n) is 4.19. The molecule has 0 aliphatic heterocycles. The van der Waals surface area contributed by atoms with E-state index < -0.39 is 10.0 Å². The first kappa shape index (κ1) is 14.3. The van der Waals surface area contributed by atoms with Crippen LogP contribution in [-0.4, -0.2) is 25.8 Å². The van der Waals surface area contributed by atoms with Crippen LogP contribution in [0.2, 0.25) is 8.67 Å². The number of halogens is 2. The first-order chi connectivity index (χ1) is 7.93. The molecule has 1 aromatic heterocycles. The Morgan fingerprint density at radius 2 is 2.12 bits per heavy atom. The van der Waals surface area contributed by atoms with Crippen LogP contribution in [0.1, 0.15) is 0 Å². The van der Waals surface area contributed by atoms with Crippen LogP contribution in [0, 0.1) is 23.7 Å². The highest BCUT2D eigenvalue weighted by molar-refractivity contribution is 7.89. The Hall–Kier alpha value is -0.760. The van der Waals surface area contributed by atoms with Crippen molar-refractivity contribution >= 4 is 44.6 Å². The highest BCUT2D eigenvalue weighted by atomic mass is 35.5. The summed E-state index contributed by atoms with van der Waals surface area (Å²) in [6.45, 7) is -0.532. The smallest absolute Gasteiger partial charge is 0.207 e. The molecule has 0 amide bonds. The van der Waals surface area contributed by atoms with Crippen LogP contribution < -0.4 is 0 Å². The topological polar surface area (TPSA) is 61.2 Å². The summed E-state index contributed by atoms with van der Waals surface area (Å²) in [6, 6.07) is 2.97. The molecular formula is C9H6Cl2N2O2S2. The lowest BCUT2D eigenvalue weighted by atomic mass is 10.6. The molecule has 0 N–H and O–H groups in total. The lowest BCUT2D eigenvalue weighted by Gasteiger charge is -2.15. The van der Waals surface area contributed by atoms with Gasteiger partial charge in [0.05, 0.1) is 17.0 Å². The standard InChI is InChI=1S/C9H6Cl2N2O2S2/c1-2-4-13(5-3-12)17(14,15)7-6-8(10)16-9(7)11/h1,6H,4-5H2. The maximum Gasteiger partial charge on any atom is 0.247 e. The Bertz CT molecular complexity index is 579. The molecule has 0 aliphatic carbocycles. The predicted molar refractivity (Wildman–Crippen MR) is 67.5 cm³/mol. The molecule has 0 radical (unpaired) electrons. The van der Waals surface area contributed by atoms with Crippen LogP contribution in [0.25, 0.3) is 0 Å². The van der Waals surface area contributed by atoms with Crippen LogP contribution in [0.3, 0.4) is 0 Å². The van der Waals surface area contributed by atoms with E-state index in [4.69, 9.17) is 34.9 Å². The Kier molecular flexibility index (Phi) is 4.81. The van der Waals surface area contributed by atoms with E-state index in [1.165, 1.54) is 6.07 Å². The number of hydrogen-bond acceptors (Lipinski definition) is 4. The van der Waals surface area contributed by atoms with Crippen LogP contribution in [0.4, 0.5) is 0 Å². The zero-order valence-electron chi connectivity index (χ0n) is 8.35. The largest absolute Gasteiger partial charge is 0.247 e. The minimum atomic E-state index is -3.87. The quantitative estimate of drug-likeness (QED) is 0.633. The molecule has 8 heteroatoms. The molecule has 0 fully saturated rings. The van der Waals surface area contributed by atoms with E-state index in [0.717, 1.165) is 15.6 Å². The molecule has 1 aromatic rings. The molecule has 0 atom stereocenters. The summed E-state index contributed by atoms with van der Waals surface area (Å²) in [7, 11) is -3.87. The second-order valence-electron chi connectivity index (χ2n) is 2.82. The number of thiophene rings is 1. The van der Waals surface area contributed by atoms with Gasteiger partial charge in [-0.25, -0.2) is 8.42 Å². The minimum absolute atomic E-state index is 0.0509. The third-order valence-corrected chi connectivity index (χ3v) is 5.30. The second kappa shape index (κ2) is 5.72. The average molecular weight is 309 g/mol. The van der Waals surface area contributed by atoms with E-state index in [9.17, 15) is 8.42 Å². The fourth-order valence-corrected chi connectivity index (χ4v) is 4.41. The number of rotatable bonds is 4. The van der Waals surface area contributed by atoms with E-state index in [1.54, 1.807) is 6.07 Å².